The molecule has 0 saturated carbocycles. The molecule has 2 rings (SSSR count). The van der Waals surface area contributed by atoms with E-state index in [4.69, 9.17) is 0 Å². The van der Waals surface area contributed by atoms with Gasteiger partial charge in [0, 0.05) is 17.4 Å². The first-order valence-corrected chi connectivity index (χ1v) is 9.23. The summed E-state index contributed by atoms with van der Waals surface area (Å²) in [5.74, 6) is 0. The van der Waals surface area contributed by atoms with Crippen LogP contribution in [0.5, 0.6) is 0 Å². The zero-order chi connectivity index (χ0) is 19.8. The number of pyridine rings is 1. The van der Waals surface area contributed by atoms with Crippen molar-refractivity contribution in [2.24, 2.45) is 0 Å². The summed E-state index contributed by atoms with van der Waals surface area (Å²) < 4.78 is 64.5. The van der Waals surface area contributed by atoms with Gasteiger partial charge < -0.3 is 5.11 Å². The molecule has 2 N–H and O–H groups in total. The van der Waals surface area contributed by atoms with Crippen molar-refractivity contribution in [1.29, 1.82) is 0 Å². The molecule has 0 radical (unpaired) electrons. The zero-order valence-corrected chi connectivity index (χ0v) is 15.2. The molecule has 0 amide bonds. The van der Waals surface area contributed by atoms with E-state index in [0.717, 1.165) is 12.3 Å². The third-order valence-electron chi connectivity index (χ3n) is 3.99. The number of hydrogen-bond donors (Lipinski definition) is 2. The second-order valence-electron chi connectivity index (χ2n) is 6.45. The zero-order valence-electron chi connectivity index (χ0n) is 14.4. The van der Waals surface area contributed by atoms with Gasteiger partial charge in [-0.05, 0) is 45.0 Å². The van der Waals surface area contributed by atoms with Gasteiger partial charge in [-0.1, -0.05) is 12.1 Å². The van der Waals surface area contributed by atoms with Gasteiger partial charge in [0.05, 0.1) is 16.9 Å². The van der Waals surface area contributed by atoms with Gasteiger partial charge >= 0.3 is 6.18 Å². The number of sulfonamides is 1. The van der Waals surface area contributed by atoms with Crippen LogP contribution in [0.3, 0.4) is 0 Å². The number of halogens is 3. The van der Waals surface area contributed by atoms with Crippen LogP contribution in [0, 0.1) is 0 Å². The molecule has 0 bridgehead atoms. The topological polar surface area (TPSA) is 79.3 Å². The molecule has 0 aliphatic rings. The molecular formula is C17H19F3N2O3S. The highest BCUT2D eigenvalue weighted by atomic mass is 32.2. The number of aromatic nitrogens is 1. The molecule has 142 valence electrons. The molecule has 0 fully saturated rings. The van der Waals surface area contributed by atoms with Crippen molar-refractivity contribution in [3.8, 4) is 11.3 Å². The SMILES string of the molecule is CC(C(C)(C)O)S(=O)(=O)Nc1ccc(-c2ccc(C(F)(F)F)cn2)cc1. The predicted molar refractivity (Wildman–Crippen MR) is 93.0 cm³/mol. The maximum absolute atomic E-state index is 12.6. The first kappa shape index (κ1) is 20.2. The summed E-state index contributed by atoms with van der Waals surface area (Å²) in [6, 6.07) is 8.22. The molecule has 0 spiro atoms. The van der Waals surface area contributed by atoms with E-state index in [0.29, 0.717) is 11.3 Å². The smallest absolute Gasteiger partial charge is 0.389 e. The molecule has 9 heteroatoms. The van der Waals surface area contributed by atoms with Crippen molar-refractivity contribution in [3.63, 3.8) is 0 Å². The second kappa shape index (κ2) is 6.88. The Hall–Kier alpha value is -2.13. The molecule has 1 unspecified atom stereocenters. The predicted octanol–water partition coefficient (Wildman–Crippen LogP) is 3.67. The average Bonchev–Trinajstić information content (AvgIpc) is 2.53. The van der Waals surface area contributed by atoms with Crippen LogP contribution in [0.2, 0.25) is 0 Å². The number of nitrogens with one attached hydrogen (secondary N) is 1. The largest absolute Gasteiger partial charge is 0.417 e. The number of benzene rings is 1. The van der Waals surface area contributed by atoms with Crippen LogP contribution in [0.4, 0.5) is 18.9 Å². The minimum atomic E-state index is -4.45. The van der Waals surface area contributed by atoms with Crippen LogP contribution in [0.15, 0.2) is 42.6 Å². The normalized spacial score (nSPS) is 14.1. The Bertz CT molecular complexity index is 856. The van der Waals surface area contributed by atoms with Crippen LogP contribution in [0.1, 0.15) is 26.3 Å². The van der Waals surface area contributed by atoms with E-state index in [1.807, 2.05) is 0 Å². The molecule has 5 nitrogen and oxygen atoms in total. The van der Waals surface area contributed by atoms with Crippen molar-refractivity contribution >= 4 is 15.7 Å². The van der Waals surface area contributed by atoms with Gasteiger partial charge in [-0.2, -0.15) is 13.2 Å². The summed E-state index contributed by atoms with van der Waals surface area (Å²) in [7, 11) is -3.81. The van der Waals surface area contributed by atoms with E-state index in [1.165, 1.54) is 39.0 Å². The summed E-state index contributed by atoms with van der Waals surface area (Å²) in [6.07, 6.45) is -3.71. The minimum absolute atomic E-state index is 0.275. The third kappa shape index (κ3) is 4.73. The first-order valence-electron chi connectivity index (χ1n) is 7.68. The molecule has 0 saturated heterocycles. The Balaban J connectivity index is 2.18. The van der Waals surface area contributed by atoms with Gasteiger partial charge in [0.25, 0.3) is 0 Å². The van der Waals surface area contributed by atoms with E-state index >= 15 is 0 Å². The Morgan fingerprint density at radius 1 is 1.08 bits per heavy atom. The lowest BCUT2D eigenvalue weighted by atomic mass is 10.1. The highest BCUT2D eigenvalue weighted by molar-refractivity contribution is 7.93. The number of rotatable bonds is 5. The highest BCUT2D eigenvalue weighted by Gasteiger charge is 2.34. The maximum atomic E-state index is 12.6. The molecule has 0 aliphatic carbocycles. The van der Waals surface area contributed by atoms with Gasteiger partial charge in [-0.25, -0.2) is 8.42 Å². The van der Waals surface area contributed by atoms with Crippen LogP contribution >= 0.6 is 0 Å². The van der Waals surface area contributed by atoms with Gasteiger partial charge in [0.2, 0.25) is 10.0 Å². The molecule has 0 aliphatic heterocycles. The van der Waals surface area contributed by atoms with Crippen LogP contribution < -0.4 is 4.72 Å². The summed E-state index contributed by atoms with van der Waals surface area (Å²) in [4.78, 5) is 3.79. The van der Waals surface area contributed by atoms with Crippen LogP contribution in [0.25, 0.3) is 11.3 Å². The van der Waals surface area contributed by atoms with Crippen LogP contribution in [-0.2, 0) is 16.2 Å². The Morgan fingerprint density at radius 3 is 2.08 bits per heavy atom. The fourth-order valence-corrected chi connectivity index (χ4v) is 3.47. The van der Waals surface area contributed by atoms with E-state index in [1.54, 1.807) is 12.1 Å². The summed E-state index contributed by atoms with van der Waals surface area (Å²) >= 11 is 0. The van der Waals surface area contributed by atoms with Gasteiger partial charge in [0.15, 0.2) is 0 Å². The van der Waals surface area contributed by atoms with Crippen molar-refractivity contribution in [2.75, 3.05) is 4.72 Å². The number of aliphatic hydroxyl groups is 1. The first-order chi connectivity index (χ1) is 11.8. The molecular weight excluding hydrogens is 369 g/mol. The third-order valence-corrected chi connectivity index (χ3v) is 6.02. The summed E-state index contributed by atoms with van der Waals surface area (Å²) in [5, 5.41) is 8.81. The van der Waals surface area contributed by atoms with E-state index < -0.39 is 32.6 Å². The van der Waals surface area contributed by atoms with Gasteiger partial charge in [0.1, 0.15) is 5.25 Å². The fraction of sp³-hybridized carbons (Fsp3) is 0.353. The van der Waals surface area contributed by atoms with E-state index in [9.17, 15) is 26.7 Å². The van der Waals surface area contributed by atoms with E-state index in [2.05, 4.69) is 9.71 Å². The Kier molecular flexibility index (Phi) is 5.34. The van der Waals surface area contributed by atoms with Crippen molar-refractivity contribution in [1.82, 2.24) is 4.98 Å². The fourth-order valence-electron chi connectivity index (χ4n) is 2.07. The Morgan fingerprint density at radius 2 is 1.65 bits per heavy atom. The minimum Gasteiger partial charge on any atom is -0.389 e. The number of alkyl halides is 3. The van der Waals surface area contributed by atoms with Crippen LogP contribution in [-0.4, -0.2) is 29.4 Å². The van der Waals surface area contributed by atoms with Gasteiger partial charge in [-0.3, -0.25) is 9.71 Å². The molecule has 1 aromatic heterocycles. The summed E-state index contributed by atoms with van der Waals surface area (Å²) in [5.41, 5.74) is -1.12. The molecule has 1 heterocycles. The molecule has 26 heavy (non-hydrogen) atoms. The molecule has 1 aromatic carbocycles. The molecule has 2 aromatic rings. The number of anilines is 1. The second-order valence-corrected chi connectivity index (χ2v) is 8.45. The number of hydrogen-bond acceptors (Lipinski definition) is 4. The monoisotopic (exact) mass is 388 g/mol. The van der Waals surface area contributed by atoms with Gasteiger partial charge in [-0.15, -0.1) is 0 Å². The lowest BCUT2D eigenvalue weighted by Gasteiger charge is -2.26. The lowest BCUT2D eigenvalue weighted by molar-refractivity contribution is -0.137. The van der Waals surface area contributed by atoms with Crippen molar-refractivity contribution in [3.05, 3.63) is 48.2 Å². The van der Waals surface area contributed by atoms with Crippen molar-refractivity contribution < 1.29 is 26.7 Å². The van der Waals surface area contributed by atoms with Crippen molar-refractivity contribution in [2.45, 2.75) is 37.8 Å². The molecule has 1 atom stereocenters. The standard InChI is InChI=1S/C17H19F3N2O3S/c1-11(16(2,3)23)26(24,25)22-14-7-4-12(5-8-14)15-9-6-13(10-21-15)17(18,19)20/h4-11,22-23H,1-3H3. The number of nitrogens with zero attached hydrogens (tertiary/aromatic N) is 1. The quantitative estimate of drug-likeness (QED) is 0.819. The summed E-state index contributed by atoms with van der Waals surface area (Å²) in [6.45, 7) is 4.19. The average molecular weight is 388 g/mol. The van der Waals surface area contributed by atoms with E-state index in [-0.39, 0.29) is 5.69 Å². The lowest BCUT2D eigenvalue weighted by Crippen LogP contribution is -2.42. The Labute approximate surface area is 149 Å². The maximum Gasteiger partial charge on any atom is 0.417 e. The highest BCUT2D eigenvalue weighted by Crippen LogP contribution is 2.30.